The molecule has 1 amide bonds. The highest BCUT2D eigenvalue weighted by Gasteiger charge is 2.10. The molecule has 0 heterocycles. The van der Waals surface area contributed by atoms with Crippen LogP contribution in [0.3, 0.4) is 0 Å². The number of hydrogen-bond acceptors (Lipinski definition) is 4. The molecule has 5 N–H and O–H groups in total. The Bertz CT molecular complexity index is 611. The van der Waals surface area contributed by atoms with Gasteiger partial charge in [0.2, 0.25) is 0 Å². The summed E-state index contributed by atoms with van der Waals surface area (Å²) in [5.41, 5.74) is 13.3. The summed E-state index contributed by atoms with van der Waals surface area (Å²) in [5, 5.41) is 3.11. The summed E-state index contributed by atoms with van der Waals surface area (Å²) in [7, 11) is 1.58. The fourth-order valence-corrected chi connectivity index (χ4v) is 1.77. The predicted octanol–water partition coefficient (Wildman–Crippen LogP) is 2.12. The van der Waals surface area contributed by atoms with Crippen LogP contribution in [0.2, 0.25) is 0 Å². The van der Waals surface area contributed by atoms with Crippen LogP contribution in [0, 0.1) is 0 Å². The summed E-state index contributed by atoms with van der Waals surface area (Å²) in [6.07, 6.45) is 0. The summed E-state index contributed by atoms with van der Waals surface area (Å²) < 4.78 is 5.24. The van der Waals surface area contributed by atoms with Crippen LogP contribution in [0.5, 0.6) is 5.75 Å². The third-order valence-electron chi connectivity index (χ3n) is 2.69. The molecule has 0 unspecified atom stereocenters. The fraction of sp³-hybridized carbons (Fsp3) is 0.0714. The molecule has 19 heavy (non-hydrogen) atoms. The first-order chi connectivity index (χ1) is 9.11. The van der Waals surface area contributed by atoms with Gasteiger partial charge >= 0.3 is 0 Å². The van der Waals surface area contributed by atoms with Crippen LogP contribution >= 0.6 is 0 Å². The summed E-state index contributed by atoms with van der Waals surface area (Å²) in [5.74, 6) is 0.151. The van der Waals surface area contributed by atoms with E-state index in [1.54, 1.807) is 25.3 Å². The number of hydrogen-bond donors (Lipinski definition) is 3. The minimum Gasteiger partial charge on any atom is -0.495 e. The number of ether oxygens (including phenoxy) is 1. The van der Waals surface area contributed by atoms with E-state index in [4.69, 9.17) is 16.2 Å². The number of nitrogens with one attached hydrogen (secondary N) is 1. The van der Waals surface area contributed by atoms with Crippen molar-refractivity contribution in [3.63, 3.8) is 0 Å². The highest BCUT2D eigenvalue weighted by atomic mass is 16.5. The van der Waals surface area contributed by atoms with Crippen LogP contribution in [0.15, 0.2) is 42.5 Å². The standard InChI is InChI=1S/C14H15N3O2/c1-19-13-5-3-2-4-11(13)17-12-8-9(15)6-7-10(12)14(16)18/h2-8,17H,15H2,1H3,(H2,16,18). The molecule has 0 aliphatic carbocycles. The highest BCUT2D eigenvalue weighted by Crippen LogP contribution is 2.29. The number of nitrogen functional groups attached to an aromatic ring is 1. The lowest BCUT2D eigenvalue weighted by Gasteiger charge is -2.13. The number of benzene rings is 2. The van der Waals surface area contributed by atoms with Gasteiger partial charge in [0.25, 0.3) is 5.91 Å². The zero-order valence-electron chi connectivity index (χ0n) is 10.5. The molecular formula is C14H15N3O2. The van der Waals surface area contributed by atoms with Gasteiger partial charge in [-0.2, -0.15) is 0 Å². The van der Waals surface area contributed by atoms with Crippen molar-refractivity contribution in [3.05, 3.63) is 48.0 Å². The minimum atomic E-state index is -0.516. The lowest BCUT2D eigenvalue weighted by atomic mass is 10.1. The first kappa shape index (κ1) is 12.8. The molecule has 5 nitrogen and oxygen atoms in total. The Kier molecular flexibility index (Phi) is 3.56. The van der Waals surface area contributed by atoms with Crippen LogP contribution in [0.1, 0.15) is 10.4 Å². The van der Waals surface area contributed by atoms with Gasteiger partial charge < -0.3 is 21.5 Å². The van der Waals surface area contributed by atoms with E-state index in [0.717, 1.165) is 5.69 Å². The van der Waals surface area contributed by atoms with Crippen LogP contribution in [0.25, 0.3) is 0 Å². The fourth-order valence-electron chi connectivity index (χ4n) is 1.77. The number of methoxy groups -OCH3 is 1. The molecule has 0 saturated carbocycles. The number of primary amides is 1. The van der Waals surface area contributed by atoms with E-state index in [-0.39, 0.29) is 0 Å². The van der Waals surface area contributed by atoms with Crippen molar-refractivity contribution in [2.24, 2.45) is 5.73 Å². The zero-order valence-corrected chi connectivity index (χ0v) is 10.5. The lowest BCUT2D eigenvalue weighted by molar-refractivity contribution is 0.100. The van der Waals surface area contributed by atoms with E-state index in [1.807, 2.05) is 24.3 Å². The average Bonchev–Trinajstić information content (AvgIpc) is 2.39. The van der Waals surface area contributed by atoms with Gasteiger partial charge in [0.15, 0.2) is 0 Å². The van der Waals surface area contributed by atoms with Crippen molar-refractivity contribution >= 4 is 23.0 Å². The minimum absolute atomic E-state index is 0.375. The smallest absolute Gasteiger partial charge is 0.250 e. The molecule has 98 valence electrons. The van der Waals surface area contributed by atoms with Gasteiger partial charge in [-0.25, -0.2) is 0 Å². The molecule has 0 radical (unpaired) electrons. The number of carbonyl (C=O) groups excluding carboxylic acids is 1. The second-order valence-electron chi connectivity index (χ2n) is 3.99. The third-order valence-corrected chi connectivity index (χ3v) is 2.69. The van der Waals surface area contributed by atoms with Crippen molar-refractivity contribution in [2.45, 2.75) is 0 Å². The monoisotopic (exact) mass is 257 g/mol. The van der Waals surface area contributed by atoms with Crippen LogP contribution in [0.4, 0.5) is 17.1 Å². The van der Waals surface area contributed by atoms with Gasteiger partial charge in [-0.3, -0.25) is 4.79 Å². The molecule has 0 atom stereocenters. The number of carbonyl (C=O) groups is 1. The van der Waals surface area contributed by atoms with Crippen molar-refractivity contribution in [1.29, 1.82) is 0 Å². The maximum Gasteiger partial charge on any atom is 0.250 e. The Labute approximate surface area is 111 Å². The molecule has 0 aliphatic heterocycles. The Balaban J connectivity index is 2.42. The molecule has 0 saturated heterocycles. The Hall–Kier alpha value is -2.69. The van der Waals surface area contributed by atoms with Gasteiger partial charge in [0.1, 0.15) is 5.75 Å². The van der Waals surface area contributed by atoms with Crippen molar-refractivity contribution in [3.8, 4) is 5.75 Å². The summed E-state index contributed by atoms with van der Waals surface area (Å²) in [6, 6.07) is 12.3. The summed E-state index contributed by atoms with van der Waals surface area (Å²) in [6.45, 7) is 0. The maximum atomic E-state index is 11.4. The number of para-hydroxylation sites is 2. The molecule has 0 fully saturated rings. The molecule has 0 bridgehead atoms. The SMILES string of the molecule is COc1ccccc1Nc1cc(N)ccc1C(N)=O. The van der Waals surface area contributed by atoms with Crippen molar-refractivity contribution in [2.75, 3.05) is 18.2 Å². The van der Waals surface area contributed by atoms with E-state index in [0.29, 0.717) is 22.7 Å². The zero-order chi connectivity index (χ0) is 13.8. The second-order valence-corrected chi connectivity index (χ2v) is 3.99. The molecule has 0 spiro atoms. The van der Waals surface area contributed by atoms with Crippen LogP contribution < -0.4 is 21.5 Å². The summed E-state index contributed by atoms with van der Waals surface area (Å²) in [4.78, 5) is 11.4. The Morgan fingerprint density at radius 3 is 2.58 bits per heavy atom. The second kappa shape index (κ2) is 5.30. The van der Waals surface area contributed by atoms with Gasteiger partial charge in [0, 0.05) is 5.69 Å². The quantitative estimate of drug-likeness (QED) is 0.732. The van der Waals surface area contributed by atoms with E-state index < -0.39 is 5.91 Å². The summed E-state index contributed by atoms with van der Waals surface area (Å²) >= 11 is 0. The van der Waals surface area contributed by atoms with Gasteiger partial charge in [0.05, 0.1) is 24.0 Å². The van der Waals surface area contributed by atoms with Gasteiger partial charge in [-0.05, 0) is 30.3 Å². The number of nitrogens with two attached hydrogens (primary N) is 2. The average molecular weight is 257 g/mol. The largest absolute Gasteiger partial charge is 0.495 e. The Morgan fingerprint density at radius 1 is 1.16 bits per heavy atom. The Morgan fingerprint density at radius 2 is 1.89 bits per heavy atom. The first-order valence-corrected chi connectivity index (χ1v) is 5.71. The molecule has 2 rings (SSSR count). The van der Waals surface area contributed by atoms with E-state index >= 15 is 0 Å². The van der Waals surface area contributed by atoms with E-state index in [9.17, 15) is 4.79 Å². The highest BCUT2D eigenvalue weighted by molar-refractivity contribution is 6.00. The topological polar surface area (TPSA) is 90.4 Å². The van der Waals surface area contributed by atoms with Crippen molar-refractivity contribution in [1.82, 2.24) is 0 Å². The number of anilines is 3. The first-order valence-electron chi connectivity index (χ1n) is 5.71. The normalized spacial score (nSPS) is 9.95. The maximum absolute atomic E-state index is 11.4. The van der Waals surface area contributed by atoms with Crippen LogP contribution in [-0.2, 0) is 0 Å². The molecule has 0 aliphatic rings. The molecule has 5 heteroatoms. The third kappa shape index (κ3) is 2.77. The van der Waals surface area contributed by atoms with Crippen LogP contribution in [-0.4, -0.2) is 13.0 Å². The van der Waals surface area contributed by atoms with E-state index in [1.165, 1.54) is 0 Å². The number of amides is 1. The van der Waals surface area contributed by atoms with Gasteiger partial charge in [-0.15, -0.1) is 0 Å². The van der Waals surface area contributed by atoms with Crippen molar-refractivity contribution < 1.29 is 9.53 Å². The van der Waals surface area contributed by atoms with E-state index in [2.05, 4.69) is 5.32 Å². The molecular weight excluding hydrogens is 242 g/mol. The number of rotatable bonds is 4. The molecule has 2 aromatic carbocycles. The van der Waals surface area contributed by atoms with Gasteiger partial charge in [-0.1, -0.05) is 12.1 Å². The molecule has 0 aromatic heterocycles. The molecule has 2 aromatic rings. The lowest BCUT2D eigenvalue weighted by Crippen LogP contribution is -2.13. The predicted molar refractivity (Wildman–Crippen MR) is 75.6 cm³/mol.